The molecule has 1 aromatic rings. The molecule has 2 fully saturated rings. The Bertz CT molecular complexity index is 697. The standard InChI is InChI=1S/C22H31N3O2/c26-21(19-11-10-17-6-4-7-18(17)16-19)24-12-5-13-25(15-14-24)22(27)23-20-8-2-1-3-9-20/h10-11,16,20H,1-9,12-15H2,(H,23,27). The van der Waals surface area contributed by atoms with Crippen LogP contribution in [0.3, 0.4) is 0 Å². The number of hydrogen-bond acceptors (Lipinski definition) is 2. The number of nitrogens with zero attached hydrogens (tertiary/aromatic N) is 2. The number of rotatable bonds is 2. The van der Waals surface area contributed by atoms with Crippen LogP contribution < -0.4 is 5.32 Å². The molecule has 1 saturated heterocycles. The summed E-state index contributed by atoms with van der Waals surface area (Å²) in [5, 5.41) is 3.20. The highest BCUT2D eigenvalue weighted by Gasteiger charge is 2.25. The molecule has 1 aliphatic heterocycles. The van der Waals surface area contributed by atoms with Crippen LogP contribution in [-0.2, 0) is 12.8 Å². The topological polar surface area (TPSA) is 52.7 Å². The maximum atomic E-state index is 13.0. The van der Waals surface area contributed by atoms with Gasteiger partial charge in [0.1, 0.15) is 0 Å². The van der Waals surface area contributed by atoms with E-state index in [1.54, 1.807) is 0 Å². The van der Waals surface area contributed by atoms with E-state index in [1.165, 1.54) is 36.8 Å². The summed E-state index contributed by atoms with van der Waals surface area (Å²) < 4.78 is 0. The van der Waals surface area contributed by atoms with Gasteiger partial charge in [-0.2, -0.15) is 0 Å². The molecule has 2 aliphatic carbocycles. The predicted octanol–water partition coefficient (Wildman–Crippen LogP) is 3.37. The van der Waals surface area contributed by atoms with Gasteiger partial charge in [-0.25, -0.2) is 4.79 Å². The van der Waals surface area contributed by atoms with Gasteiger partial charge in [0, 0.05) is 37.8 Å². The summed E-state index contributed by atoms with van der Waals surface area (Å²) in [7, 11) is 0. The van der Waals surface area contributed by atoms with E-state index in [2.05, 4.69) is 17.4 Å². The molecule has 0 atom stereocenters. The van der Waals surface area contributed by atoms with Crippen molar-refractivity contribution < 1.29 is 9.59 Å². The van der Waals surface area contributed by atoms with Gasteiger partial charge >= 0.3 is 6.03 Å². The van der Waals surface area contributed by atoms with Crippen LogP contribution in [-0.4, -0.2) is 54.0 Å². The molecule has 0 unspecified atom stereocenters. The number of hydrogen-bond donors (Lipinski definition) is 1. The van der Waals surface area contributed by atoms with Crippen molar-refractivity contribution in [2.45, 2.75) is 63.8 Å². The lowest BCUT2D eigenvalue weighted by Gasteiger charge is -2.27. The molecule has 146 valence electrons. The summed E-state index contributed by atoms with van der Waals surface area (Å²) in [6.07, 6.45) is 10.2. The molecule has 4 rings (SSSR count). The number of urea groups is 1. The second kappa shape index (κ2) is 8.32. The van der Waals surface area contributed by atoms with Crippen LogP contribution in [0.4, 0.5) is 4.79 Å². The summed E-state index contributed by atoms with van der Waals surface area (Å²) in [5.41, 5.74) is 3.54. The molecule has 0 spiro atoms. The van der Waals surface area contributed by atoms with Gasteiger partial charge in [0.05, 0.1) is 0 Å². The van der Waals surface area contributed by atoms with E-state index in [4.69, 9.17) is 0 Å². The van der Waals surface area contributed by atoms with Crippen LogP contribution >= 0.6 is 0 Å². The average Bonchev–Trinajstić information content (AvgIpc) is 3.02. The van der Waals surface area contributed by atoms with Crippen LogP contribution in [0.25, 0.3) is 0 Å². The van der Waals surface area contributed by atoms with Crippen molar-refractivity contribution in [3.8, 4) is 0 Å². The molecule has 5 nitrogen and oxygen atoms in total. The highest BCUT2D eigenvalue weighted by molar-refractivity contribution is 5.94. The summed E-state index contributed by atoms with van der Waals surface area (Å²) in [6.45, 7) is 2.69. The van der Waals surface area contributed by atoms with E-state index in [0.717, 1.165) is 50.8 Å². The minimum absolute atomic E-state index is 0.0497. The minimum Gasteiger partial charge on any atom is -0.337 e. The van der Waals surface area contributed by atoms with Crippen molar-refractivity contribution in [2.75, 3.05) is 26.2 Å². The van der Waals surface area contributed by atoms with Gasteiger partial charge in [-0.05, 0) is 61.8 Å². The third-order valence-corrected chi connectivity index (χ3v) is 6.35. The van der Waals surface area contributed by atoms with Gasteiger partial charge in [-0.15, -0.1) is 0 Å². The third kappa shape index (κ3) is 4.28. The number of amides is 3. The van der Waals surface area contributed by atoms with E-state index < -0.39 is 0 Å². The minimum atomic E-state index is 0.0497. The monoisotopic (exact) mass is 369 g/mol. The molecular weight excluding hydrogens is 338 g/mol. The smallest absolute Gasteiger partial charge is 0.317 e. The number of aryl methyl sites for hydroxylation is 2. The predicted molar refractivity (Wildman–Crippen MR) is 106 cm³/mol. The number of carbonyl (C=O) groups is 2. The lowest BCUT2D eigenvalue weighted by Crippen LogP contribution is -2.46. The SMILES string of the molecule is O=C(NC1CCCCC1)N1CCCN(C(=O)c2ccc3c(c2)CCC3)CC1. The molecule has 1 heterocycles. The summed E-state index contributed by atoms with van der Waals surface area (Å²) >= 11 is 0. The Balaban J connectivity index is 1.33. The largest absolute Gasteiger partial charge is 0.337 e. The summed E-state index contributed by atoms with van der Waals surface area (Å²) in [6, 6.07) is 6.57. The zero-order valence-electron chi connectivity index (χ0n) is 16.2. The van der Waals surface area contributed by atoms with E-state index in [1.807, 2.05) is 15.9 Å². The first-order valence-electron chi connectivity index (χ1n) is 10.7. The molecule has 0 radical (unpaired) electrons. The first kappa shape index (κ1) is 18.3. The van der Waals surface area contributed by atoms with Crippen molar-refractivity contribution in [2.24, 2.45) is 0 Å². The van der Waals surface area contributed by atoms with Gasteiger partial charge in [-0.3, -0.25) is 4.79 Å². The molecule has 0 bridgehead atoms. The van der Waals surface area contributed by atoms with Crippen molar-refractivity contribution in [1.82, 2.24) is 15.1 Å². The van der Waals surface area contributed by atoms with E-state index in [-0.39, 0.29) is 11.9 Å². The van der Waals surface area contributed by atoms with Crippen molar-refractivity contribution >= 4 is 11.9 Å². The fourth-order valence-corrected chi connectivity index (χ4v) is 4.72. The van der Waals surface area contributed by atoms with Gasteiger partial charge in [0.2, 0.25) is 0 Å². The third-order valence-electron chi connectivity index (χ3n) is 6.35. The first-order valence-corrected chi connectivity index (χ1v) is 10.7. The molecule has 0 aromatic heterocycles. The van der Waals surface area contributed by atoms with Crippen molar-refractivity contribution in [3.63, 3.8) is 0 Å². The second-order valence-corrected chi connectivity index (χ2v) is 8.25. The molecule has 1 aromatic carbocycles. The van der Waals surface area contributed by atoms with E-state index in [0.29, 0.717) is 19.1 Å². The quantitative estimate of drug-likeness (QED) is 0.869. The molecule has 5 heteroatoms. The summed E-state index contributed by atoms with van der Waals surface area (Å²) in [4.78, 5) is 29.4. The van der Waals surface area contributed by atoms with Crippen LogP contribution in [0, 0.1) is 0 Å². The van der Waals surface area contributed by atoms with Gasteiger partial charge < -0.3 is 15.1 Å². The maximum absolute atomic E-state index is 13.0. The Morgan fingerprint density at radius 2 is 1.56 bits per heavy atom. The molecule has 1 N–H and O–H groups in total. The van der Waals surface area contributed by atoms with Crippen molar-refractivity contribution in [1.29, 1.82) is 0 Å². The zero-order chi connectivity index (χ0) is 18.6. The Hall–Kier alpha value is -2.04. The maximum Gasteiger partial charge on any atom is 0.317 e. The molecule has 27 heavy (non-hydrogen) atoms. The van der Waals surface area contributed by atoms with Gasteiger partial charge in [-0.1, -0.05) is 25.3 Å². The van der Waals surface area contributed by atoms with Crippen LogP contribution in [0.1, 0.15) is 66.4 Å². The van der Waals surface area contributed by atoms with Crippen molar-refractivity contribution in [3.05, 3.63) is 34.9 Å². The van der Waals surface area contributed by atoms with E-state index in [9.17, 15) is 9.59 Å². The number of fused-ring (bicyclic) bond motifs is 1. The highest BCUT2D eigenvalue weighted by atomic mass is 16.2. The summed E-state index contributed by atoms with van der Waals surface area (Å²) in [5.74, 6) is 0.110. The molecule has 3 aliphatic rings. The number of nitrogens with one attached hydrogen (secondary N) is 1. The normalized spacial score (nSPS) is 20.9. The van der Waals surface area contributed by atoms with Crippen LogP contribution in [0.5, 0.6) is 0 Å². The van der Waals surface area contributed by atoms with Crippen LogP contribution in [0.2, 0.25) is 0 Å². The molecule has 3 amide bonds. The fourth-order valence-electron chi connectivity index (χ4n) is 4.72. The fraction of sp³-hybridized carbons (Fsp3) is 0.636. The molecule has 1 saturated carbocycles. The van der Waals surface area contributed by atoms with E-state index >= 15 is 0 Å². The number of carbonyl (C=O) groups excluding carboxylic acids is 2. The Kier molecular flexibility index (Phi) is 5.65. The Morgan fingerprint density at radius 3 is 2.41 bits per heavy atom. The lowest BCUT2D eigenvalue weighted by atomic mass is 9.96. The second-order valence-electron chi connectivity index (χ2n) is 8.25. The lowest BCUT2D eigenvalue weighted by molar-refractivity contribution is 0.0762. The van der Waals surface area contributed by atoms with Gasteiger partial charge in [0.15, 0.2) is 0 Å². The van der Waals surface area contributed by atoms with Gasteiger partial charge in [0.25, 0.3) is 5.91 Å². The highest BCUT2D eigenvalue weighted by Crippen LogP contribution is 2.24. The number of benzene rings is 1. The first-order chi connectivity index (χ1) is 13.2. The van der Waals surface area contributed by atoms with Crippen LogP contribution in [0.15, 0.2) is 18.2 Å². The average molecular weight is 370 g/mol. The Labute approximate surface area is 162 Å². The zero-order valence-corrected chi connectivity index (χ0v) is 16.2. The Morgan fingerprint density at radius 1 is 0.815 bits per heavy atom. The molecular formula is C22H31N3O2.